The number of hydrogen-bond acceptors (Lipinski definition) is 3. The zero-order valence-electron chi connectivity index (χ0n) is 15.5. The number of hydrogen-bond donors (Lipinski definition) is 0. The van der Waals surface area contributed by atoms with Crippen molar-refractivity contribution in [1.29, 1.82) is 0 Å². The normalized spacial score (nSPS) is 11.6. The Hall–Kier alpha value is -2.81. The van der Waals surface area contributed by atoms with E-state index in [0.29, 0.717) is 0 Å². The van der Waals surface area contributed by atoms with Crippen molar-refractivity contribution in [3.63, 3.8) is 0 Å². The zero-order valence-corrected chi connectivity index (χ0v) is 15.5. The molecule has 126 valence electrons. The van der Waals surface area contributed by atoms with Crippen LogP contribution < -0.4 is 0 Å². The predicted molar refractivity (Wildman–Crippen MR) is 105 cm³/mol. The molecule has 0 unspecified atom stereocenters. The second-order valence-corrected chi connectivity index (χ2v) is 6.57. The van der Waals surface area contributed by atoms with Crippen LogP contribution in [0, 0.1) is 27.7 Å². The van der Waals surface area contributed by atoms with Crippen LogP contribution >= 0.6 is 0 Å². The lowest BCUT2D eigenvalue weighted by atomic mass is 10.1. The third-order valence-corrected chi connectivity index (χ3v) is 4.21. The molecule has 1 aromatic carbocycles. The van der Waals surface area contributed by atoms with Crippen LogP contribution in [-0.2, 0) is 0 Å². The van der Waals surface area contributed by atoms with E-state index in [1.165, 1.54) is 16.7 Å². The van der Waals surface area contributed by atoms with Gasteiger partial charge < -0.3 is 0 Å². The van der Waals surface area contributed by atoms with Gasteiger partial charge in [-0.05, 0) is 69.5 Å². The Morgan fingerprint density at radius 1 is 0.840 bits per heavy atom. The molecule has 0 amide bonds. The molecule has 0 fully saturated rings. The maximum atomic E-state index is 4.85. The lowest BCUT2D eigenvalue weighted by Crippen LogP contribution is -2.00. The molecule has 25 heavy (non-hydrogen) atoms. The van der Waals surface area contributed by atoms with Crippen LogP contribution in [0.15, 0.2) is 53.7 Å². The predicted octanol–water partition coefficient (Wildman–Crippen LogP) is 5.52. The van der Waals surface area contributed by atoms with Gasteiger partial charge in [-0.3, -0.25) is 9.98 Å². The average Bonchev–Trinajstić information content (AvgIpc) is 2.58. The van der Waals surface area contributed by atoms with Gasteiger partial charge >= 0.3 is 0 Å². The van der Waals surface area contributed by atoms with E-state index in [1.807, 2.05) is 44.3 Å². The monoisotopic (exact) mass is 329 g/mol. The van der Waals surface area contributed by atoms with Crippen LogP contribution in [0.5, 0.6) is 0 Å². The van der Waals surface area contributed by atoms with Gasteiger partial charge in [-0.1, -0.05) is 29.8 Å². The fourth-order valence-electron chi connectivity index (χ4n) is 2.97. The Morgan fingerprint density at radius 2 is 1.56 bits per heavy atom. The summed E-state index contributed by atoms with van der Waals surface area (Å²) < 4.78 is 0. The second-order valence-electron chi connectivity index (χ2n) is 6.57. The smallest absolute Gasteiger partial charge is 0.0894 e. The molecule has 3 heteroatoms. The average molecular weight is 329 g/mol. The summed E-state index contributed by atoms with van der Waals surface area (Å²) in [6, 6.07) is 14.4. The topological polar surface area (TPSA) is 38.1 Å². The summed E-state index contributed by atoms with van der Waals surface area (Å²) in [5.74, 6) is 0. The third kappa shape index (κ3) is 3.82. The molecule has 0 atom stereocenters. The summed E-state index contributed by atoms with van der Waals surface area (Å²) in [7, 11) is 0. The quantitative estimate of drug-likeness (QED) is 0.594. The lowest BCUT2D eigenvalue weighted by Gasteiger charge is -2.09. The van der Waals surface area contributed by atoms with Gasteiger partial charge in [0, 0.05) is 6.20 Å². The van der Waals surface area contributed by atoms with Crippen molar-refractivity contribution in [2.24, 2.45) is 4.99 Å². The minimum atomic E-state index is 0.865. The highest BCUT2D eigenvalue weighted by molar-refractivity contribution is 5.99. The first-order valence-electron chi connectivity index (χ1n) is 8.47. The van der Waals surface area contributed by atoms with Gasteiger partial charge in [-0.15, -0.1) is 0 Å². The van der Waals surface area contributed by atoms with Gasteiger partial charge in [0.15, 0.2) is 0 Å². The molecule has 0 saturated carbocycles. The highest BCUT2D eigenvalue weighted by Gasteiger charge is 2.07. The number of benzene rings is 1. The van der Waals surface area contributed by atoms with Gasteiger partial charge in [-0.2, -0.15) is 0 Å². The minimum absolute atomic E-state index is 0.865. The summed E-state index contributed by atoms with van der Waals surface area (Å²) in [6.07, 6.45) is 1.86. The molecule has 3 aromatic rings. The molecule has 3 nitrogen and oxygen atoms in total. The molecule has 0 spiro atoms. The molecule has 3 rings (SSSR count). The fraction of sp³-hybridized carbons (Fsp3) is 0.227. The molecular formula is C22H23N3. The first kappa shape index (κ1) is 17.0. The van der Waals surface area contributed by atoms with Crippen molar-refractivity contribution < 1.29 is 0 Å². The molecular weight excluding hydrogens is 306 g/mol. The number of aliphatic imine (C=N–C) groups is 1. The minimum Gasteiger partial charge on any atom is -0.254 e. The fourth-order valence-corrected chi connectivity index (χ4v) is 2.97. The van der Waals surface area contributed by atoms with Crippen molar-refractivity contribution >= 4 is 11.4 Å². The largest absolute Gasteiger partial charge is 0.254 e. The zero-order chi connectivity index (χ0) is 18.0. The number of aryl methyl sites for hydroxylation is 4. The summed E-state index contributed by atoms with van der Waals surface area (Å²) in [6.45, 7) is 10.4. The van der Waals surface area contributed by atoms with Crippen molar-refractivity contribution in [2.75, 3.05) is 0 Å². The summed E-state index contributed by atoms with van der Waals surface area (Å²) in [5, 5.41) is 0. The van der Waals surface area contributed by atoms with Crippen molar-refractivity contribution in [2.45, 2.75) is 34.6 Å². The number of pyridine rings is 2. The molecule has 2 heterocycles. The number of aromatic nitrogens is 2. The molecule has 0 aliphatic rings. The van der Waals surface area contributed by atoms with Crippen LogP contribution in [-0.4, -0.2) is 15.7 Å². The number of rotatable bonds is 3. The molecule has 0 radical (unpaired) electrons. The Morgan fingerprint density at radius 3 is 2.20 bits per heavy atom. The number of nitrogens with zero attached hydrogens (tertiary/aromatic N) is 3. The summed E-state index contributed by atoms with van der Waals surface area (Å²) in [5.41, 5.74) is 9.33. The highest BCUT2D eigenvalue weighted by atomic mass is 14.8. The van der Waals surface area contributed by atoms with E-state index in [1.54, 1.807) is 0 Å². The maximum absolute atomic E-state index is 4.85. The van der Waals surface area contributed by atoms with Gasteiger partial charge in [0.2, 0.25) is 0 Å². The van der Waals surface area contributed by atoms with Crippen LogP contribution in [0.25, 0.3) is 11.4 Å². The molecule has 0 aliphatic carbocycles. The van der Waals surface area contributed by atoms with Crippen molar-refractivity contribution in [1.82, 2.24) is 9.97 Å². The Balaban J connectivity index is 1.99. The van der Waals surface area contributed by atoms with Crippen molar-refractivity contribution in [3.05, 3.63) is 76.6 Å². The van der Waals surface area contributed by atoms with Gasteiger partial charge in [0.25, 0.3) is 0 Å². The van der Waals surface area contributed by atoms with E-state index < -0.39 is 0 Å². The van der Waals surface area contributed by atoms with E-state index in [4.69, 9.17) is 9.98 Å². The first-order chi connectivity index (χ1) is 11.9. The Bertz CT molecular complexity index is 915. The van der Waals surface area contributed by atoms with E-state index in [0.717, 1.165) is 34.0 Å². The SMILES string of the molecule is CC(=Nc1c(C)cc(C)cc1C)c1cccc(-c2ccc(C)cn2)n1. The van der Waals surface area contributed by atoms with Crippen LogP contribution in [0.1, 0.15) is 34.9 Å². The third-order valence-electron chi connectivity index (χ3n) is 4.21. The van der Waals surface area contributed by atoms with E-state index in [-0.39, 0.29) is 0 Å². The van der Waals surface area contributed by atoms with Gasteiger partial charge in [0.05, 0.1) is 28.5 Å². The van der Waals surface area contributed by atoms with E-state index >= 15 is 0 Å². The Labute approximate surface area is 149 Å². The molecule has 0 saturated heterocycles. The molecule has 2 aromatic heterocycles. The maximum Gasteiger partial charge on any atom is 0.0894 e. The van der Waals surface area contributed by atoms with Crippen LogP contribution in [0.4, 0.5) is 5.69 Å². The van der Waals surface area contributed by atoms with E-state index in [9.17, 15) is 0 Å². The van der Waals surface area contributed by atoms with Crippen LogP contribution in [0.2, 0.25) is 0 Å². The standard InChI is InChI=1S/C22H23N3/c1-14-9-10-20(23-13-14)21-8-6-7-19(25-21)18(5)24-22-16(3)11-15(2)12-17(22)4/h6-13H,1-5H3. The summed E-state index contributed by atoms with van der Waals surface area (Å²) >= 11 is 0. The van der Waals surface area contributed by atoms with E-state index in [2.05, 4.69) is 44.0 Å². The highest BCUT2D eigenvalue weighted by Crippen LogP contribution is 2.26. The summed E-state index contributed by atoms with van der Waals surface area (Å²) in [4.78, 5) is 14.1. The van der Waals surface area contributed by atoms with Crippen LogP contribution in [0.3, 0.4) is 0 Å². The molecule has 0 N–H and O–H groups in total. The molecule has 0 bridgehead atoms. The first-order valence-corrected chi connectivity index (χ1v) is 8.47. The van der Waals surface area contributed by atoms with Gasteiger partial charge in [-0.25, -0.2) is 4.98 Å². The van der Waals surface area contributed by atoms with Crippen molar-refractivity contribution in [3.8, 4) is 11.4 Å². The lowest BCUT2D eigenvalue weighted by molar-refractivity contribution is 1.20. The molecule has 0 aliphatic heterocycles. The van der Waals surface area contributed by atoms with Gasteiger partial charge in [0.1, 0.15) is 0 Å². The second kappa shape index (κ2) is 6.98. The Kier molecular flexibility index (Phi) is 4.75.